The molecule has 0 saturated heterocycles. The van der Waals surface area contributed by atoms with Gasteiger partial charge in [-0.15, -0.1) is 0 Å². The maximum absolute atomic E-state index is 12.8. The van der Waals surface area contributed by atoms with Crippen LogP contribution in [0.15, 0.2) is 11.8 Å². The number of ketones is 1. The highest BCUT2D eigenvalue weighted by molar-refractivity contribution is 9.09. The fourth-order valence-corrected chi connectivity index (χ4v) is 1.11. The van der Waals surface area contributed by atoms with Crippen molar-refractivity contribution < 1.29 is 40.3 Å². The molecule has 0 aliphatic carbocycles. The van der Waals surface area contributed by atoms with Crippen LogP contribution in [0.2, 0.25) is 0 Å². The van der Waals surface area contributed by atoms with Crippen molar-refractivity contribution in [2.24, 2.45) is 0 Å². The summed E-state index contributed by atoms with van der Waals surface area (Å²) in [5.74, 6) is -15.6. The molecule has 0 radical (unpaired) electrons. The van der Waals surface area contributed by atoms with Crippen molar-refractivity contribution in [2.45, 2.75) is 18.0 Å². The first-order valence-corrected chi connectivity index (χ1v) is 5.21. The van der Waals surface area contributed by atoms with E-state index in [9.17, 15) is 35.5 Å². The number of hydrogen-bond acceptors (Lipinski definition) is 2. The van der Waals surface area contributed by atoms with Crippen LogP contribution in [-0.4, -0.2) is 36.2 Å². The Balaban J connectivity index is 5.40. The molecule has 0 unspecified atom stereocenters. The summed E-state index contributed by atoms with van der Waals surface area (Å²) in [5.41, 5.74) is 0. The summed E-state index contributed by atoms with van der Waals surface area (Å²) < 4.78 is 90.0. The number of carbonyl (C=O) groups is 1. The number of alkyl halides is 8. The lowest BCUT2D eigenvalue weighted by molar-refractivity contribution is -0.342. The average molecular weight is 347 g/mol. The monoisotopic (exact) mass is 346 g/mol. The quantitative estimate of drug-likeness (QED) is 0.330. The molecule has 0 spiro atoms. The first kappa shape index (κ1) is 17.2. The van der Waals surface area contributed by atoms with Gasteiger partial charge in [0.15, 0.2) is 0 Å². The molecule has 0 aliphatic rings. The van der Waals surface area contributed by atoms with Crippen molar-refractivity contribution in [2.75, 3.05) is 12.4 Å². The van der Waals surface area contributed by atoms with E-state index in [1.165, 1.54) is 0 Å². The zero-order valence-corrected chi connectivity index (χ0v) is 10.2. The summed E-state index contributed by atoms with van der Waals surface area (Å²) in [4.78, 5) is 10.8. The van der Waals surface area contributed by atoms with E-state index in [0.717, 1.165) is 7.11 Å². The molecule has 0 rings (SSSR count). The van der Waals surface area contributed by atoms with E-state index >= 15 is 0 Å². The Morgan fingerprint density at radius 2 is 1.61 bits per heavy atom. The number of allylic oxidation sites excluding steroid dienone is 2. The van der Waals surface area contributed by atoms with Gasteiger partial charge in [-0.2, -0.15) is 30.7 Å². The molecule has 0 amide bonds. The minimum absolute atomic E-state index is 0.117. The average Bonchev–Trinajstić information content (AvgIpc) is 2.23. The summed E-state index contributed by atoms with van der Waals surface area (Å²) in [6.07, 6.45) is -6.66. The molecule has 18 heavy (non-hydrogen) atoms. The normalized spacial score (nSPS) is 14.6. The predicted molar refractivity (Wildman–Crippen MR) is 49.8 cm³/mol. The SMILES string of the molecule is CO/C(=C/C(=O)C(F)(F)C(F)(F)C(F)(F)F)CBr. The molecule has 0 fully saturated rings. The van der Waals surface area contributed by atoms with E-state index in [-0.39, 0.29) is 11.4 Å². The molecule has 0 aromatic rings. The van der Waals surface area contributed by atoms with Gasteiger partial charge in [-0.1, -0.05) is 15.9 Å². The maximum atomic E-state index is 12.8. The fourth-order valence-electron chi connectivity index (χ4n) is 0.722. The lowest BCUT2D eigenvalue weighted by Gasteiger charge is -2.26. The van der Waals surface area contributed by atoms with Gasteiger partial charge in [0.05, 0.1) is 12.4 Å². The Kier molecular flexibility index (Phi) is 5.21. The van der Waals surface area contributed by atoms with Crippen molar-refractivity contribution >= 4 is 21.7 Å². The molecule has 106 valence electrons. The summed E-state index contributed by atoms with van der Waals surface area (Å²) in [6.45, 7) is 0. The van der Waals surface area contributed by atoms with E-state index < -0.39 is 29.6 Å². The smallest absolute Gasteiger partial charge is 0.460 e. The molecule has 0 bridgehead atoms. The van der Waals surface area contributed by atoms with E-state index in [4.69, 9.17) is 0 Å². The van der Waals surface area contributed by atoms with E-state index in [2.05, 4.69) is 20.7 Å². The Bertz CT molecular complexity index is 342. The Hall–Kier alpha value is -0.800. The maximum Gasteiger partial charge on any atom is 0.460 e. The van der Waals surface area contributed by atoms with Crippen LogP contribution in [0.25, 0.3) is 0 Å². The lowest BCUT2D eigenvalue weighted by atomic mass is 10.1. The van der Waals surface area contributed by atoms with Crippen LogP contribution in [0.3, 0.4) is 0 Å². The van der Waals surface area contributed by atoms with Crippen LogP contribution in [0, 0.1) is 0 Å². The molecule has 0 saturated carbocycles. The highest BCUT2D eigenvalue weighted by Crippen LogP contribution is 2.47. The van der Waals surface area contributed by atoms with Gasteiger partial charge in [-0.3, -0.25) is 4.79 Å². The number of hydrogen-bond donors (Lipinski definition) is 0. The molecule has 0 aromatic heterocycles. The van der Waals surface area contributed by atoms with Crippen LogP contribution in [0.5, 0.6) is 0 Å². The summed E-state index contributed by atoms with van der Waals surface area (Å²) >= 11 is 2.66. The van der Waals surface area contributed by atoms with Crippen LogP contribution in [0.1, 0.15) is 0 Å². The third-order valence-corrected chi connectivity index (χ3v) is 2.30. The van der Waals surface area contributed by atoms with Gasteiger partial charge < -0.3 is 4.74 Å². The summed E-state index contributed by atoms with van der Waals surface area (Å²) in [7, 11) is 0.931. The molecule has 0 aliphatic heterocycles. The molecular formula is C8H6BrF7O2. The molecule has 2 nitrogen and oxygen atoms in total. The number of halogens is 8. The van der Waals surface area contributed by atoms with Gasteiger partial charge in [0.25, 0.3) is 0 Å². The second kappa shape index (κ2) is 5.45. The zero-order valence-electron chi connectivity index (χ0n) is 8.62. The fraction of sp³-hybridized carbons (Fsp3) is 0.625. The van der Waals surface area contributed by atoms with E-state index in [1.807, 2.05) is 0 Å². The highest BCUT2D eigenvalue weighted by atomic mass is 79.9. The van der Waals surface area contributed by atoms with Crippen molar-refractivity contribution in [1.29, 1.82) is 0 Å². The first-order valence-electron chi connectivity index (χ1n) is 4.09. The second-order valence-corrected chi connectivity index (χ2v) is 3.52. The molecule has 0 aromatic carbocycles. The molecule has 0 N–H and O–H groups in total. The second-order valence-electron chi connectivity index (χ2n) is 2.96. The third kappa shape index (κ3) is 3.15. The number of methoxy groups -OCH3 is 1. The van der Waals surface area contributed by atoms with Gasteiger partial charge in [0.2, 0.25) is 5.78 Å². The largest absolute Gasteiger partial charge is 0.500 e. The first-order chi connectivity index (χ1) is 7.91. The van der Waals surface area contributed by atoms with Crippen molar-refractivity contribution in [3.05, 3.63) is 11.8 Å². The van der Waals surface area contributed by atoms with Crippen molar-refractivity contribution in [3.8, 4) is 0 Å². The highest BCUT2D eigenvalue weighted by Gasteiger charge is 2.75. The van der Waals surface area contributed by atoms with Gasteiger partial charge in [0.1, 0.15) is 5.76 Å². The number of ether oxygens (including phenoxy) is 1. The van der Waals surface area contributed by atoms with Gasteiger partial charge in [-0.05, 0) is 0 Å². The minimum atomic E-state index is -6.54. The standard InChI is InChI=1S/C8H6BrF7O2/c1-18-4(3-9)2-5(17)6(10,11)7(12,13)8(14,15)16/h2H,3H2,1H3/b4-2+. The van der Waals surface area contributed by atoms with Crippen LogP contribution < -0.4 is 0 Å². The van der Waals surface area contributed by atoms with Crippen molar-refractivity contribution in [3.63, 3.8) is 0 Å². The molecular weight excluding hydrogens is 341 g/mol. The van der Waals surface area contributed by atoms with E-state index in [0.29, 0.717) is 0 Å². The van der Waals surface area contributed by atoms with Crippen molar-refractivity contribution in [1.82, 2.24) is 0 Å². The topological polar surface area (TPSA) is 26.3 Å². The van der Waals surface area contributed by atoms with Crippen LogP contribution in [0.4, 0.5) is 30.7 Å². The van der Waals surface area contributed by atoms with E-state index in [1.54, 1.807) is 0 Å². The number of carbonyl (C=O) groups excluding carboxylic acids is 1. The Labute approximate surface area is 105 Å². The summed E-state index contributed by atoms with van der Waals surface area (Å²) in [5, 5.41) is -0.303. The zero-order chi connectivity index (χ0) is 14.8. The Morgan fingerprint density at radius 1 is 1.17 bits per heavy atom. The van der Waals surface area contributed by atoms with Crippen LogP contribution in [-0.2, 0) is 9.53 Å². The van der Waals surface area contributed by atoms with Gasteiger partial charge >= 0.3 is 18.0 Å². The Morgan fingerprint density at radius 3 is 1.89 bits per heavy atom. The summed E-state index contributed by atoms with van der Waals surface area (Å²) in [6, 6.07) is 0. The predicted octanol–water partition coefficient (Wildman–Crippen LogP) is 3.31. The molecule has 0 atom stereocenters. The van der Waals surface area contributed by atoms with Gasteiger partial charge in [0, 0.05) is 6.08 Å². The minimum Gasteiger partial charge on any atom is -0.500 e. The van der Waals surface area contributed by atoms with Gasteiger partial charge in [-0.25, -0.2) is 0 Å². The third-order valence-electron chi connectivity index (χ3n) is 1.75. The lowest BCUT2D eigenvalue weighted by Crippen LogP contribution is -2.55. The molecule has 0 heterocycles. The van der Waals surface area contributed by atoms with Crippen LogP contribution >= 0.6 is 15.9 Å². The molecule has 10 heteroatoms. The number of rotatable bonds is 5.